The van der Waals surface area contributed by atoms with Crippen LogP contribution in [0.25, 0.3) is 11.1 Å². The number of nitrogens with zero attached hydrogens (tertiary/aromatic N) is 1. The molecule has 0 unspecified atom stereocenters. The molecule has 0 saturated heterocycles. The van der Waals surface area contributed by atoms with E-state index in [-0.39, 0.29) is 5.91 Å². The lowest BCUT2D eigenvalue weighted by molar-refractivity contribution is -0.121. The molecule has 0 aliphatic carbocycles. The number of para-hydroxylation sites is 2. The van der Waals surface area contributed by atoms with Gasteiger partial charge in [0.15, 0.2) is 0 Å². The molecule has 33 heavy (non-hydrogen) atoms. The molecule has 6 heteroatoms. The summed E-state index contributed by atoms with van der Waals surface area (Å²) in [4.78, 5) is 14.9. The normalized spacial score (nSPS) is 14.4. The van der Waals surface area contributed by atoms with E-state index in [9.17, 15) is 4.79 Å². The maximum absolute atomic E-state index is 13.2. The number of hydrogen-bond donors (Lipinski definition) is 2. The topological polar surface area (TPSA) is 62.8 Å². The summed E-state index contributed by atoms with van der Waals surface area (Å²) in [5, 5.41) is 6.94. The second kappa shape index (κ2) is 8.70. The Labute approximate surface area is 195 Å². The Bertz CT molecular complexity index is 1200. The Balaban J connectivity index is 1.90. The second-order valence-electron chi connectivity index (χ2n) is 8.86. The zero-order chi connectivity index (χ0) is 23.8. The summed E-state index contributed by atoms with van der Waals surface area (Å²) in [6, 6.07) is 18.1. The van der Waals surface area contributed by atoms with Gasteiger partial charge in [0.25, 0.3) is 5.91 Å². The van der Waals surface area contributed by atoms with Crippen LogP contribution < -0.4 is 25.0 Å². The van der Waals surface area contributed by atoms with Crippen LogP contribution in [0.15, 0.2) is 54.6 Å². The van der Waals surface area contributed by atoms with Gasteiger partial charge in [-0.15, -0.1) is 0 Å². The van der Waals surface area contributed by atoms with Gasteiger partial charge in [-0.2, -0.15) is 0 Å². The van der Waals surface area contributed by atoms with Crippen LogP contribution >= 0.6 is 0 Å². The molecule has 3 aromatic rings. The van der Waals surface area contributed by atoms with E-state index in [4.69, 9.17) is 9.47 Å². The molecule has 0 saturated carbocycles. The number of nitrogens with one attached hydrogen (secondary N) is 2. The fourth-order valence-corrected chi connectivity index (χ4v) is 4.47. The molecule has 0 radical (unpaired) electrons. The number of carbonyl (C=O) groups is 1. The van der Waals surface area contributed by atoms with Crippen LogP contribution in [0, 0.1) is 6.92 Å². The number of methoxy groups -OCH3 is 2. The minimum atomic E-state index is -0.683. The number of hydrogen-bond acceptors (Lipinski definition) is 5. The number of fused-ring (bicyclic) bond motifs is 1. The molecule has 1 amide bonds. The molecule has 3 aromatic carbocycles. The van der Waals surface area contributed by atoms with Crippen LogP contribution in [0.2, 0.25) is 0 Å². The lowest BCUT2D eigenvalue weighted by Crippen LogP contribution is -2.52. The molecule has 1 heterocycles. The highest BCUT2D eigenvalue weighted by Crippen LogP contribution is 2.44. The monoisotopic (exact) mass is 445 g/mol. The molecular formula is C27H31N3O3. The van der Waals surface area contributed by atoms with E-state index in [0.29, 0.717) is 6.54 Å². The third kappa shape index (κ3) is 4.09. The van der Waals surface area contributed by atoms with E-state index in [2.05, 4.69) is 29.7 Å². The maximum Gasteiger partial charge on any atom is 0.251 e. The first kappa shape index (κ1) is 22.5. The Kier molecular flexibility index (Phi) is 5.93. The van der Waals surface area contributed by atoms with Crippen molar-refractivity contribution in [1.82, 2.24) is 0 Å². The van der Waals surface area contributed by atoms with E-state index in [1.54, 1.807) is 19.1 Å². The maximum atomic E-state index is 13.2. The van der Waals surface area contributed by atoms with Gasteiger partial charge >= 0.3 is 0 Å². The van der Waals surface area contributed by atoms with Gasteiger partial charge in [-0.25, -0.2) is 0 Å². The SMILES string of the molecule is COc1ccccc1NCc1c(-c2cc(C)ccc2OC)ccc2c1N(C)C(=O)C(C)(C)N2. The molecule has 0 spiro atoms. The summed E-state index contributed by atoms with van der Waals surface area (Å²) < 4.78 is 11.2. The largest absolute Gasteiger partial charge is 0.496 e. The first-order valence-corrected chi connectivity index (χ1v) is 11.0. The van der Waals surface area contributed by atoms with Crippen molar-refractivity contribution in [3.05, 3.63) is 65.7 Å². The standard InChI is InChI=1S/C27H31N3O3/c1-17-11-14-23(32-5)19(15-17)18-12-13-22-25(30(4)26(31)27(2,3)29-22)20(18)16-28-21-9-7-8-10-24(21)33-6/h7-15,28-29H,16H2,1-6H3. The summed E-state index contributed by atoms with van der Waals surface area (Å²) in [6.07, 6.45) is 0. The van der Waals surface area contributed by atoms with Gasteiger partial charge in [-0.3, -0.25) is 4.79 Å². The van der Waals surface area contributed by atoms with Crippen LogP contribution in [0.5, 0.6) is 11.5 Å². The van der Waals surface area contributed by atoms with Crippen LogP contribution in [-0.4, -0.2) is 32.7 Å². The number of ether oxygens (including phenoxy) is 2. The van der Waals surface area contributed by atoms with Gasteiger partial charge in [0.2, 0.25) is 0 Å². The molecule has 0 aromatic heterocycles. The average molecular weight is 446 g/mol. The number of likely N-dealkylation sites (N-methyl/N-ethyl adjacent to an activating group) is 1. The van der Waals surface area contributed by atoms with E-state index in [1.165, 1.54) is 0 Å². The van der Waals surface area contributed by atoms with E-state index < -0.39 is 5.54 Å². The minimum Gasteiger partial charge on any atom is -0.496 e. The highest BCUT2D eigenvalue weighted by Gasteiger charge is 2.38. The van der Waals surface area contributed by atoms with Crippen LogP contribution in [0.3, 0.4) is 0 Å². The van der Waals surface area contributed by atoms with Gasteiger partial charge in [0.05, 0.1) is 31.3 Å². The molecule has 2 N–H and O–H groups in total. The van der Waals surface area contributed by atoms with E-state index in [0.717, 1.165) is 50.8 Å². The lowest BCUT2D eigenvalue weighted by atomic mass is 9.91. The Morgan fingerprint density at radius 2 is 1.70 bits per heavy atom. The minimum absolute atomic E-state index is 0.0156. The van der Waals surface area contributed by atoms with Gasteiger partial charge < -0.3 is 25.0 Å². The molecular weight excluding hydrogens is 414 g/mol. The second-order valence-corrected chi connectivity index (χ2v) is 8.86. The smallest absolute Gasteiger partial charge is 0.251 e. The first-order chi connectivity index (χ1) is 15.8. The number of aryl methyl sites for hydroxylation is 1. The molecule has 0 atom stereocenters. The molecule has 6 nitrogen and oxygen atoms in total. The number of carbonyl (C=O) groups excluding carboxylic acids is 1. The van der Waals surface area contributed by atoms with Crippen molar-refractivity contribution in [2.75, 3.05) is 36.8 Å². The first-order valence-electron chi connectivity index (χ1n) is 11.0. The zero-order valence-corrected chi connectivity index (χ0v) is 20.1. The lowest BCUT2D eigenvalue weighted by Gasteiger charge is -2.40. The van der Waals surface area contributed by atoms with Gasteiger partial charge in [0.1, 0.15) is 17.0 Å². The van der Waals surface area contributed by atoms with Crippen LogP contribution in [0.4, 0.5) is 17.1 Å². The number of amides is 1. The van der Waals surface area contributed by atoms with Crippen molar-refractivity contribution in [3.63, 3.8) is 0 Å². The predicted octanol–water partition coefficient (Wildman–Crippen LogP) is 5.46. The molecule has 172 valence electrons. The highest BCUT2D eigenvalue weighted by molar-refractivity contribution is 6.09. The molecule has 0 fully saturated rings. The summed E-state index contributed by atoms with van der Waals surface area (Å²) in [5.41, 5.74) is 6.13. The third-order valence-corrected chi connectivity index (χ3v) is 6.11. The van der Waals surface area contributed by atoms with Crippen molar-refractivity contribution >= 4 is 23.0 Å². The number of rotatable bonds is 6. The van der Waals surface area contributed by atoms with Gasteiger partial charge in [0, 0.05) is 24.7 Å². The molecule has 1 aliphatic heterocycles. The molecule has 4 rings (SSSR count). The highest BCUT2D eigenvalue weighted by atomic mass is 16.5. The van der Waals surface area contributed by atoms with E-state index in [1.807, 2.05) is 63.4 Å². The van der Waals surface area contributed by atoms with Gasteiger partial charge in [-0.1, -0.05) is 29.8 Å². The summed E-state index contributed by atoms with van der Waals surface area (Å²) in [6.45, 7) is 6.36. The number of benzene rings is 3. The Morgan fingerprint density at radius 1 is 0.970 bits per heavy atom. The van der Waals surface area contributed by atoms with E-state index >= 15 is 0 Å². The summed E-state index contributed by atoms with van der Waals surface area (Å²) in [7, 11) is 5.18. The Hall–Kier alpha value is -3.67. The quantitative estimate of drug-likeness (QED) is 0.528. The third-order valence-electron chi connectivity index (χ3n) is 6.11. The van der Waals surface area contributed by atoms with Crippen molar-refractivity contribution in [3.8, 4) is 22.6 Å². The van der Waals surface area contributed by atoms with Crippen molar-refractivity contribution in [2.24, 2.45) is 0 Å². The van der Waals surface area contributed by atoms with Gasteiger partial charge in [-0.05, 0) is 56.7 Å². The average Bonchev–Trinajstić information content (AvgIpc) is 2.81. The summed E-state index contributed by atoms with van der Waals surface area (Å²) >= 11 is 0. The fourth-order valence-electron chi connectivity index (χ4n) is 4.47. The van der Waals surface area contributed by atoms with Crippen molar-refractivity contribution < 1.29 is 14.3 Å². The molecule has 1 aliphatic rings. The summed E-state index contributed by atoms with van der Waals surface area (Å²) in [5.74, 6) is 1.57. The Morgan fingerprint density at radius 3 is 2.42 bits per heavy atom. The van der Waals surface area contributed by atoms with Crippen molar-refractivity contribution in [2.45, 2.75) is 32.9 Å². The molecule has 0 bridgehead atoms. The fraction of sp³-hybridized carbons (Fsp3) is 0.296. The predicted molar refractivity (Wildman–Crippen MR) is 135 cm³/mol. The van der Waals surface area contributed by atoms with Crippen molar-refractivity contribution in [1.29, 1.82) is 0 Å². The van der Waals surface area contributed by atoms with Crippen LogP contribution in [0.1, 0.15) is 25.0 Å². The number of anilines is 3. The zero-order valence-electron chi connectivity index (χ0n) is 20.1. The van der Waals surface area contributed by atoms with Crippen LogP contribution in [-0.2, 0) is 11.3 Å².